The molecule has 2 atom stereocenters. The Morgan fingerprint density at radius 2 is 1.93 bits per heavy atom. The topological polar surface area (TPSA) is 88.5 Å². The van der Waals surface area contributed by atoms with Gasteiger partial charge in [-0.25, -0.2) is 0 Å². The SMILES string of the molecule is COc1ccc(CC(=O)N2C[C@H]3COC[C@@H]2CN(CC(=O)O)C3)cc1OC. The maximum atomic E-state index is 13.0. The number of carboxylic acid groups (broad SMARTS) is 1. The minimum Gasteiger partial charge on any atom is -0.493 e. The van der Waals surface area contributed by atoms with Crippen LogP contribution in [0, 0.1) is 5.92 Å². The van der Waals surface area contributed by atoms with Crippen LogP contribution in [0.4, 0.5) is 0 Å². The van der Waals surface area contributed by atoms with Gasteiger partial charge in [0.1, 0.15) is 0 Å². The highest BCUT2D eigenvalue weighted by Gasteiger charge is 2.36. The van der Waals surface area contributed by atoms with Crippen molar-refractivity contribution < 1.29 is 28.9 Å². The highest BCUT2D eigenvalue weighted by molar-refractivity contribution is 5.79. The average Bonchev–Trinajstić information content (AvgIpc) is 2.92. The Bertz CT molecular complexity index is 695. The van der Waals surface area contributed by atoms with Crippen LogP contribution in [0.15, 0.2) is 18.2 Å². The van der Waals surface area contributed by atoms with Crippen LogP contribution in [0.1, 0.15) is 5.56 Å². The predicted octanol–water partition coefficient (Wildman–Crippen LogP) is 0.490. The first-order valence-corrected chi connectivity index (χ1v) is 9.02. The summed E-state index contributed by atoms with van der Waals surface area (Å²) in [6, 6.07) is 5.33. The quantitative estimate of drug-likeness (QED) is 0.771. The number of nitrogens with zero attached hydrogens (tertiary/aromatic N) is 2. The van der Waals surface area contributed by atoms with Crippen LogP contribution < -0.4 is 9.47 Å². The second kappa shape index (κ2) is 8.58. The van der Waals surface area contributed by atoms with Crippen molar-refractivity contribution in [1.29, 1.82) is 0 Å². The number of amides is 1. The summed E-state index contributed by atoms with van der Waals surface area (Å²) in [4.78, 5) is 27.9. The first kappa shape index (κ1) is 19.4. The molecule has 2 saturated heterocycles. The van der Waals surface area contributed by atoms with Crippen molar-refractivity contribution >= 4 is 11.9 Å². The van der Waals surface area contributed by atoms with E-state index in [2.05, 4.69) is 0 Å². The van der Waals surface area contributed by atoms with Crippen molar-refractivity contribution in [2.75, 3.05) is 53.6 Å². The summed E-state index contributed by atoms with van der Waals surface area (Å²) in [5, 5.41) is 9.11. The van der Waals surface area contributed by atoms with Gasteiger partial charge in [-0.2, -0.15) is 0 Å². The molecule has 8 nitrogen and oxygen atoms in total. The fourth-order valence-electron chi connectivity index (χ4n) is 3.83. The van der Waals surface area contributed by atoms with Crippen LogP contribution in [0.5, 0.6) is 11.5 Å². The molecule has 1 N–H and O–H groups in total. The Kier molecular flexibility index (Phi) is 6.18. The number of aliphatic carboxylic acids is 1. The van der Waals surface area contributed by atoms with Gasteiger partial charge in [0.05, 0.1) is 46.4 Å². The number of carbonyl (C=O) groups excluding carboxylic acids is 1. The molecule has 2 heterocycles. The zero-order valence-electron chi connectivity index (χ0n) is 15.7. The Labute approximate surface area is 158 Å². The minimum absolute atomic E-state index is 0.00922. The number of benzene rings is 1. The first-order chi connectivity index (χ1) is 13.0. The molecule has 0 unspecified atom stereocenters. The van der Waals surface area contributed by atoms with Gasteiger partial charge in [-0.1, -0.05) is 6.07 Å². The van der Waals surface area contributed by atoms with Gasteiger partial charge in [0.2, 0.25) is 5.91 Å². The summed E-state index contributed by atoms with van der Waals surface area (Å²) < 4.78 is 16.3. The van der Waals surface area contributed by atoms with E-state index in [1.807, 2.05) is 21.9 Å². The molecule has 1 aromatic rings. The van der Waals surface area contributed by atoms with Crippen LogP contribution in [0.2, 0.25) is 0 Å². The number of hydrogen-bond acceptors (Lipinski definition) is 6. The van der Waals surface area contributed by atoms with E-state index < -0.39 is 5.97 Å². The summed E-state index contributed by atoms with van der Waals surface area (Å²) in [5.74, 6) is 0.496. The molecule has 148 valence electrons. The zero-order chi connectivity index (χ0) is 19.4. The Morgan fingerprint density at radius 1 is 1.15 bits per heavy atom. The summed E-state index contributed by atoms with van der Waals surface area (Å²) in [7, 11) is 3.14. The summed E-state index contributed by atoms with van der Waals surface area (Å²) in [5.41, 5.74) is 0.847. The van der Waals surface area contributed by atoms with Gasteiger partial charge in [-0.3, -0.25) is 14.5 Å². The molecule has 3 rings (SSSR count). The lowest BCUT2D eigenvalue weighted by Gasteiger charge is -2.30. The van der Waals surface area contributed by atoms with E-state index in [9.17, 15) is 9.59 Å². The fraction of sp³-hybridized carbons (Fsp3) is 0.579. The number of fused-ring (bicyclic) bond motifs is 3. The lowest BCUT2D eigenvalue weighted by molar-refractivity contribution is -0.138. The molecule has 2 fully saturated rings. The van der Waals surface area contributed by atoms with Gasteiger partial charge in [0, 0.05) is 25.6 Å². The molecule has 2 aliphatic rings. The normalized spacial score (nSPS) is 22.8. The van der Waals surface area contributed by atoms with Gasteiger partial charge < -0.3 is 24.2 Å². The van der Waals surface area contributed by atoms with Crippen LogP contribution in [-0.4, -0.2) is 86.4 Å². The van der Waals surface area contributed by atoms with Crippen molar-refractivity contribution in [2.24, 2.45) is 5.92 Å². The third-order valence-electron chi connectivity index (χ3n) is 5.03. The van der Waals surface area contributed by atoms with Crippen LogP contribution in [0.25, 0.3) is 0 Å². The van der Waals surface area contributed by atoms with Crippen LogP contribution in [0.3, 0.4) is 0 Å². The number of carbonyl (C=O) groups is 2. The molecule has 27 heavy (non-hydrogen) atoms. The standard InChI is InChI=1S/C19H26N2O6/c1-25-16-4-3-13(5-17(16)26-2)6-18(22)21-8-14-7-20(10-19(23)24)9-15(21)12-27-11-14/h3-5,14-15H,6-12H2,1-2H3,(H,23,24)/t14-,15-/m0/s1. The number of hydrogen-bond donors (Lipinski definition) is 1. The summed E-state index contributed by atoms with van der Waals surface area (Å²) >= 11 is 0. The van der Waals surface area contributed by atoms with Gasteiger partial charge in [-0.15, -0.1) is 0 Å². The number of methoxy groups -OCH3 is 2. The number of ether oxygens (including phenoxy) is 3. The van der Waals surface area contributed by atoms with Crippen molar-refractivity contribution in [3.05, 3.63) is 23.8 Å². The molecule has 1 aromatic carbocycles. The van der Waals surface area contributed by atoms with E-state index in [0.29, 0.717) is 44.3 Å². The van der Waals surface area contributed by atoms with E-state index >= 15 is 0 Å². The maximum absolute atomic E-state index is 13.0. The third-order valence-corrected chi connectivity index (χ3v) is 5.03. The van der Waals surface area contributed by atoms with Crippen molar-refractivity contribution in [3.8, 4) is 11.5 Å². The molecule has 0 saturated carbocycles. The molecule has 0 aromatic heterocycles. The van der Waals surface area contributed by atoms with Gasteiger partial charge in [0.25, 0.3) is 0 Å². The van der Waals surface area contributed by atoms with E-state index in [-0.39, 0.29) is 30.8 Å². The Balaban J connectivity index is 1.73. The highest BCUT2D eigenvalue weighted by Crippen LogP contribution is 2.28. The van der Waals surface area contributed by atoms with Gasteiger partial charge in [0.15, 0.2) is 11.5 Å². The Morgan fingerprint density at radius 3 is 2.63 bits per heavy atom. The summed E-state index contributed by atoms with van der Waals surface area (Å²) in [6.45, 7) is 2.71. The molecular formula is C19H26N2O6. The number of rotatable bonds is 6. The molecule has 0 spiro atoms. The minimum atomic E-state index is -0.848. The molecule has 2 aliphatic heterocycles. The molecule has 8 heteroatoms. The smallest absolute Gasteiger partial charge is 0.317 e. The molecule has 1 amide bonds. The average molecular weight is 378 g/mol. The lowest BCUT2D eigenvalue weighted by atomic mass is 10.1. The molecule has 0 radical (unpaired) electrons. The Hall–Kier alpha value is -2.32. The molecule has 2 bridgehead atoms. The van der Waals surface area contributed by atoms with E-state index in [1.165, 1.54) is 0 Å². The highest BCUT2D eigenvalue weighted by atomic mass is 16.5. The van der Waals surface area contributed by atoms with Gasteiger partial charge in [-0.05, 0) is 17.7 Å². The molecule has 0 aliphatic carbocycles. The second-order valence-corrected chi connectivity index (χ2v) is 7.06. The molecular weight excluding hydrogens is 352 g/mol. The van der Waals surface area contributed by atoms with Gasteiger partial charge >= 0.3 is 5.97 Å². The van der Waals surface area contributed by atoms with Crippen molar-refractivity contribution in [1.82, 2.24) is 9.80 Å². The zero-order valence-corrected chi connectivity index (χ0v) is 15.7. The van der Waals surface area contributed by atoms with Crippen molar-refractivity contribution in [2.45, 2.75) is 12.5 Å². The number of carboxylic acids is 1. The monoisotopic (exact) mass is 378 g/mol. The van der Waals surface area contributed by atoms with Crippen molar-refractivity contribution in [3.63, 3.8) is 0 Å². The van der Waals surface area contributed by atoms with E-state index in [4.69, 9.17) is 19.3 Å². The second-order valence-electron chi connectivity index (χ2n) is 7.06. The summed E-state index contributed by atoms with van der Waals surface area (Å²) in [6.07, 6.45) is 0.252. The largest absolute Gasteiger partial charge is 0.493 e. The first-order valence-electron chi connectivity index (χ1n) is 9.02. The van der Waals surface area contributed by atoms with Crippen LogP contribution >= 0.6 is 0 Å². The lowest BCUT2D eigenvalue weighted by Crippen LogP contribution is -2.47. The van der Waals surface area contributed by atoms with E-state index in [0.717, 1.165) is 5.56 Å². The third kappa shape index (κ3) is 4.70. The maximum Gasteiger partial charge on any atom is 0.317 e. The predicted molar refractivity (Wildman–Crippen MR) is 97.1 cm³/mol. The van der Waals surface area contributed by atoms with E-state index in [1.54, 1.807) is 20.3 Å². The van der Waals surface area contributed by atoms with Crippen LogP contribution in [-0.2, 0) is 20.7 Å². The fourth-order valence-corrected chi connectivity index (χ4v) is 3.83.